The average molecular weight is 226 g/mol. The van der Waals surface area contributed by atoms with Crippen LogP contribution in [0, 0.1) is 17.8 Å². The zero-order valence-corrected chi connectivity index (χ0v) is 11.4. The first-order valence-electron chi connectivity index (χ1n) is 6.35. The van der Waals surface area contributed by atoms with Crippen LogP contribution in [0.15, 0.2) is 30.3 Å². The molecule has 0 nitrogen and oxygen atoms in total. The van der Waals surface area contributed by atoms with Crippen LogP contribution in [0.4, 0.5) is 0 Å². The molecule has 1 unspecified atom stereocenters. The molecular formula is C17H22. The summed E-state index contributed by atoms with van der Waals surface area (Å²) in [6.45, 7) is 8.53. The lowest BCUT2D eigenvalue weighted by molar-refractivity contribution is 0.760. The molecule has 0 N–H and O–H groups in total. The minimum atomic E-state index is 0.521. The van der Waals surface area contributed by atoms with Gasteiger partial charge >= 0.3 is 0 Å². The van der Waals surface area contributed by atoms with E-state index in [0.29, 0.717) is 5.92 Å². The van der Waals surface area contributed by atoms with Gasteiger partial charge in [0.1, 0.15) is 0 Å². The molecule has 0 fully saturated rings. The van der Waals surface area contributed by atoms with E-state index >= 15 is 0 Å². The maximum absolute atomic E-state index is 3.14. The van der Waals surface area contributed by atoms with Crippen molar-refractivity contribution in [2.24, 2.45) is 5.92 Å². The molecule has 0 heterocycles. The molecule has 0 spiro atoms. The topological polar surface area (TPSA) is 0 Å². The molecule has 1 atom stereocenters. The summed E-state index contributed by atoms with van der Waals surface area (Å²) in [4.78, 5) is 0. The summed E-state index contributed by atoms with van der Waals surface area (Å²) in [6, 6.07) is 8.65. The zero-order chi connectivity index (χ0) is 12.7. The van der Waals surface area contributed by atoms with Gasteiger partial charge in [-0.2, -0.15) is 0 Å². The maximum atomic E-state index is 3.14. The van der Waals surface area contributed by atoms with Crippen LogP contribution in [-0.2, 0) is 6.42 Å². The van der Waals surface area contributed by atoms with Crippen LogP contribution >= 0.6 is 0 Å². The minimum Gasteiger partial charge on any atom is -0.107 e. The smallest absolute Gasteiger partial charge is 0.0149 e. The van der Waals surface area contributed by atoms with E-state index in [2.05, 4.69) is 63.0 Å². The van der Waals surface area contributed by atoms with Gasteiger partial charge in [-0.3, -0.25) is 0 Å². The van der Waals surface area contributed by atoms with Crippen molar-refractivity contribution in [2.75, 3.05) is 0 Å². The summed E-state index contributed by atoms with van der Waals surface area (Å²) < 4.78 is 0. The molecule has 17 heavy (non-hydrogen) atoms. The van der Waals surface area contributed by atoms with Crippen LogP contribution in [-0.4, -0.2) is 0 Å². The largest absolute Gasteiger partial charge is 0.107 e. The first-order valence-corrected chi connectivity index (χ1v) is 6.35. The third-order valence-electron chi connectivity index (χ3n) is 2.96. The van der Waals surface area contributed by atoms with Crippen LogP contribution in [0.5, 0.6) is 0 Å². The van der Waals surface area contributed by atoms with Gasteiger partial charge in [0.25, 0.3) is 0 Å². The van der Waals surface area contributed by atoms with Gasteiger partial charge in [-0.05, 0) is 42.9 Å². The molecule has 0 bridgehead atoms. The minimum absolute atomic E-state index is 0.521. The van der Waals surface area contributed by atoms with Crippen LogP contribution in [0.2, 0.25) is 0 Å². The van der Waals surface area contributed by atoms with Gasteiger partial charge in [-0.15, -0.1) is 11.8 Å². The van der Waals surface area contributed by atoms with Crippen molar-refractivity contribution in [3.63, 3.8) is 0 Å². The molecule has 1 aromatic rings. The van der Waals surface area contributed by atoms with E-state index in [1.165, 1.54) is 16.7 Å². The molecule has 1 aromatic carbocycles. The Balaban J connectivity index is 2.89. The Labute approximate surface area is 106 Å². The molecule has 0 aliphatic heterocycles. The van der Waals surface area contributed by atoms with Gasteiger partial charge in [0.2, 0.25) is 0 Å². The van der Waals surface area contributed by atoms with Crippen LogP contribution in [0.3, 0.4) is 0 Å². The van der Waals surface area contributed by atoms with Gasteiger partial charge in [-0.1, -0.05) is 44.2 Å². The van der Waals surface area contributed by atoms with Gasteiger partial charge in [0, 0.05) is 6.42 Å². The summed E-state index contributed by atoms with van der Waals surface area (Å²) in [5, 5.41) is 0. The van der Waals surface area contributed by atoms with E-state index in [1.54, 1.807) is 0 Å². The second kappa shape index (κ2) is 6.97. The molecular weight excluding hydrogens is 204 g/mol. The SMILES string of the molecule is CC#CCC(C)/C=C(/C)c1ccccc1CC. The molecule has 0 heteroatoms. The Kier molecular flexibility index (Phi) is 5.57. The van der Waals surface area contributed by atoms with Crippen molar-refractivity contribution < 1.29 is 0 Å². The van der Waals surface area contributed by atoms with E-state index in [9.17, 15) is 0 Å². The maximum Gasteiger partial charge on any atom is 0.0149 e. The lowest BCUT2D eigenvalue weighted by atomic mass is 9.95. The fourth-order valence-electron chi connectivity index (χ4n) is 2.05. The van der Waals surface area contributed by atoms with E-state index in [0.717, 1.165) is 12.8 Å². The molecule has 0 aromatic heterocycles. The highest BCUT2D eigenvalue weighted by Crippen LogP contribution is 2.21. The summed E-state index contributed by atoms with van der Waals surface area (Å²) in [5.74, 6) is 6.61. The number of aryl methyl sites for hydroxylation is 1. The third-order valence-corrected chi connectivity index (χ3v) is 2.96. The molecule has 1 rings (SSSR count). The summed E-state index contributed by atoms with van der Waals surface area (Å²) in [5.41, 5.74) is 4.18. The van der Waals surface area contributed by atoms with E-state index in [1.807, 2.05) is 6.92 Å². The van der Waals surface area contributed by atoms with Crippen LogP contribution in [0.25, 0.3) is 5.57 Å². The van der Waals surface area contributed by atoms with E-state index in [4.69, 9.17) is 0 Å². The normalized spacial score (nSPS) is 12.8. The highest BCUT2D eigenvalue weighted by molar-refractivity contribution is 5.66. The van der Waals surface area contributed by atoms with Gasteiger partial charge < -0.3 is 0 Å². The van der Waals surface area contributed by atoms with Gasteiger partial charge in [0.05, 0.1) is 0 Å². The highest BCUT2D eigenvalue weighted by atomic mass is 14.1. The Morgan fingerprint density at radius 1 is 1.35 bits per heavy atom. The molecule has 0 amide bonds. The van der Waals surface area contributed by atoms with Crippen molar-refractivity contribution in [1.29, 1.82) is 0 Å². The molecule has 90 valence electrons. The first-order chi connectivity index (χ1) is 8.19. The first kappa shape index (κ1) is 13.6. The lowest BCUT2D eigenvalue weighted by Crippen LogP contribution is -1.93. The van der Waals surface area contributed by atoms with Crippen LogP contribution < -0.4 is 0 Å². The number of hydrogen-bond donors (Lipinski definition) is 0. The monoisotopic (exact) mass is 226 g/mol. The Morgan fingerprint density at radius 3 is 2.71 bits per heavy atom. The van der Waals surface area contributed by atoms with Crippen molar-refractivity contribution in [3.05, 3.63) is 41.5 Å². The second-order valence-corrected chi connectivity index (χ2v) is 4.47. The molecule has 0 saturated carbocycles. The third kappa shape index (κ3) is 4.11. The standard InChI is InChI=1S/C17H22/c1-5-7-10-14(3)13-15(4)17-12-9-8-11-16(17)6-2/h8-9,11-14H,6,10H2,1-4H3/b15-13-. The van der Waals surface area contributed by atoms with E-state index < -0.39 is 0 Å². The van der Waals surface area contributed by atoms with Crippen molar-refractivity contribution >= 4 is 5.57 Å². The van der Waals surface area contributed by atoms with Crippen molar-refractivity contribution in [2.45, 2.75) is 40.5 Å². The Hall–Kier alpha value is -1.48. The van der Waals surface area contributed by atoms with Gasteiger partial charge in [0.15, 0.2) is 0 Å². The van der Waals surface area contributed by atoms with Crippen LogP contribution in [0.1, 0.15) is 45.2 Å². The zero-order valence-electron chi connectivity index (χ0n) is 11.4. The van der Waals surface area contributed by atoms with Gasteiger partial charge in [-0.25, -0.2) is 0 Å². The fraction of sp³-hybridized carbons (Fsp3) is 0.412. The number of allylic oxidation sites excluding steroid dienone is 2. The average Bonchev–Trinajstić information content (AvgIpc) is 2.36. The lowest BCUT2D eigenvalue weighted by Gasteiger charge is -2.10. The molecule has 0 aliphatic rings. The number of rotatable bonds is 4. The number of hydrogen-bond acceptors (Lipinski definition) is 0. The Morgan fingerprint density at radius 2 is 2.06 bits per heavy atom. The summed E-state index contributed by atoms with van der Waals surface area (Å²) >= 11 is 0. The molecule has 0 saturated heterocycles. The fourth-order valence-corrected chi connectivity index (χ4v) is 2.05. The molecule has 0 radical (unpaired) electrons. The Bertz CT molecular complexity index is 441. The number of benzene rings is 1. The predicted molar refractivity (Wildman–Crippen MR) is 76.7 cm³/mol. The predicted octanol–water partition coefficient (Wildman–Crippen LogP) is 4.70. The molecule has 0 aliphatic carbocycles. The second-order valence-electron chi connectivity index (χ2n) is 4.47. The quantitative estimate of drug-likeness (QED) is 0.653. The highest BCUT2D eigenvalue weighted by Gasteiger charge is 2.03. The van der Waals surface area contributed by atoms with E-state index in [-0.39, 0.29) is 0 Å². The summed E-state index contributed by atoms with van der Waals surface area (Å²) in [7, 11) is 0. The van der Waals surface area contributed by atoms with Crippen molar-refractivity contribution in [3.8, 4) is 11.8 Å². The summed E-state index contributed by atoms with van der Waals surface area (Å²) in [6.07, 6.45) is 4.37. The van der Waals surface area contributed by atoms with Crippen molar-refractivity contribution in [1.82, 2.24) is 0 Å².